The van der Waals surface area contributed by atoms with Crippen LogP contribution in [0.3, 0.4) is 0 Å². The summed E-state index contributed by atoms with van der Waals surface area (Å²) >= 11 is 0. The lowest BCUT2D eigenvalue weighted by Gasteiger charge is -2.35. The van der Waals surface area contributed by atoms with Crippen molar-refractivity contribution in [1.29, 1.82) is 0 Å². The highest BCUT2D eigenvalue weighted by Crippen LogP contribution is 2.38. The van der Waals surface area contributed by atoms with Gasteiger partial charge in [0.15, 0.2) is 0 Å². The number of hydrogen-bond acceptors (Lipinski definition) is 2. The van der Waals surface area contributed by atoms with Crippen LogP contribution < -0.4 is 10.1 Å². The van der Waals surface area contributed by atoms with E-state index in [-0.39, 0.29) is 0 Å². The van der Waals surface area contributed by atoms with Gasteiger partial charge in [-0.3, -0.25) is 0 Å². The maximum Gasteiger partial charge on any atom is 0.119 e. The first-order valence-corrected chi connectivity index (χ1v) is 7.62. The maximum absolute atomic E-state index is 6.04. The highest BCUT2D eigenvalue weighted by molar-refractivity contribution is 5.57. The van der Waals surface area contributed by atoms with E-state index in [1.54, 1.807) is 0 Å². The van der Waals surface area contributed by atoms with Crippen LogP contribution >= 0.6 is 0 Å². The summed E-state index contributed by atoms with van der Waals surface area (Å²) in [7, 11) is 0. The van der Waals surface area contributed by atoms with Crippen LogP contribution in [0, 0.1) is 11.3 Å². The fourth-order valence-corrected chi connectivity index (χ4v) is 3.58. The van der Waals surface area contributed by atoms with Crippen LogP contribution in [-0.4, -0.2) is 13.2 Å². The molecule has 2 aliphatic rings. The molecule has 104 valence electrons. The first-order valence-electron chi connectivity index (χ1n) is 7.62. The molecule has 1 saturated carbocycles. The van der Waals surface area contributed by atoms with Gasteiger partial charge in [0.25, 0.3) is 0 Å². The molecule has 1 aliphatic carbocycles. The summed E-state index contributed by atoms with van der Waals surface area (Å²) in [5.41, 5.74) is 3.20. The molecule has 1 heterocycles. The number of ether oxygens (including phenoxy) is 1. The topological polar surface area (TPSA) is 21.3 Å². The predicted octanol–water partition coefficient (Wildman–Crippen LogP) is 4.25. The van der Waals surface area contributed by atoms with Gasteiger partial charge in [-0.2, -0.15) is 0 Å². The van der Waals surface area contributed by atoms with Gasteiger partial charge in [-0.25, -0.2) is 0 Å². The zero-order chi connectivity index (χ0) is 13.3. The summed E-state index contributed by atoms with van der Waals surface area (Å²) in [4.78, 5) is 0. The molecule has 0 spiro atoms. The fraction of sp³-hybridized carbons (Fsp3) is 0.647. The molecule has 1 aliphatic heterocycles. The van der Waals surface area contributed by atoms with Gasteiger partial charge < -0.3 is 10.1 Å². The molecule has 19 heavy (non-hydrogen) atoms. The first-order chi connectivity index (χ1) is 9.12. The summed E-state index contributed by atoms with van der Waals surface area (Å²) in [6.07, 6.45) is 6.49. The standard InChI is InChI=1S/C17H25NO/c1-17(2)8-3-4-13(11-17)12-19-15-5-6-16-14(10-15)7-9-18-16/h5-6,10,13,18H,3-4,7-9,11-12H2,1-2H3. The number of fused-ring (bicyclic) bond motifs is 1. The molecule has 0 aromatic heterocycles. The highest BCUT2D eigenvalue weighted by Gasteiger charge is 2.28. The molecule has 0 saturated heterocycles. The van der Waals surface area contributed by atoms with Crippen LogP contribution in [0.25, 0.3) is 0 Å². The summed E-state index contributed by atoms with van der Waals surface area (Å²) in [6, 6.07) is 6.47. The van der Waals surface area contributed by atoms with Gasteiger partial charge in [-0.1, -0.05) is 20.3 Å². The molecule has 1 aromatic carbocycles. The fourth-order valence-electron chi connectivity index (χ4n) is 3.58. The van der Waals surface area contributed by atoms with Crippen molar-refractivity contribution in [2.75, 3.05) is 18.5 Å². The Morgan fingerprint density at radius 1 is 1.37 bits per heavy atom. The summed E-state index contributed by atoms with van der Waals surface area (Å²) in [6.45, 7) is 6.73. The highest BCUT2D eigenvalue weighted by atomic mass is 16.5. The van der Waals surface area contributed by atoms with E-state index in [0.717, 1.165) is 31.2 Å². The van der Waals surface area contributed by atoms with Gasteiger partial charge in [0.1, 0.15) is 5.75 Å². The lowest BCUT2D eigenvalue weighted by Crippen LogP contribution is -2.26. The molecule has 1 atom stereocenters. The molecule has 1 N–H and O–H groups in total. The SMILES string of the molecule is CC1(C)CCCC(COc2ccc3c(c2)CCN3)C1. The third-order valence-corrected chi connectivity index (χ3v) is 4.58. The lowest BCUT2D eigenvalue weighted by atomic mass is 9.72. The number of rotatable bonds is 3. The molecule has 0 bridgehead atoms. The lowest BCUT2D eigenvalue weighted by molar-refractivity contribution is 0.129. The molecule has 1 fully saturated rings. The summed E-state index contributed by atoms with van der Waals surface area (Å²) < 4.78 is 6.04. The van der Waals surface area contributed by atoms with Crippen molar-refractivity contribution in [3.63, 3.8) is 0 Å². The molecular formula is C17H25NO. The van der Waals surface area contributed by atoms with E-state index in [1.165, 1.54) is 36.9 Å². The third kappa shape index (κ3) is 3.05. The van der Waals surface area contributed by atoms with Crippen LogP contribution in [0.4, 0.5) is 5.69 Å². The Bertz CT molecular complexity index is 453. The Labute approximate surface area is 116 Å². The van der Waals surface area contributed by atoms with Gasteiger partial charge in [0.05, 0.1) is 6.61 Å². The Kier molecular flexibility index (Phi) is 3.42. The molecule has 3 rings (SSSR count). The minimum atomic E-state index is 0.508. The molecule has 2 nitrogen and oxygen atoms in total. The minimum Gasteiger partial charge on any atom is -0.493 e. The van der Waals surface area contributed by atoms with Gasteiger partial charge in [-0.15, -0.1) is 0 Å². The number of benzene rings is 1. The molecule has 2 heteroatoms. The third-order valence-electron chi connectivity index (χ3n) is 4.58. The zero-order valence-electron chi connectivity index (χ0n) is 12.2. The van der Waals surface area contributed by atoms with Crippen LogP contribution in [0.15, 0.2) is 18.2 Å². The number of nitrogens with one attached hydrogen (secondary N) is 1. The smallest absolute Gasteiger partial charge is 0.119 e. The minimum absolute atomic E-state index is 0.508. The van der Waals surface area contributed by atoms with Gasteiger partial charge in [0.2, 0.25) is 0 Å². The van der Waals surface area contributed by atoms with Crippen molar-refractivity contribution < 1.29 is 4.74 Å². The van der Waals surface area contributed by atoms with Gasteiger partial charge in [-0.05, 0) is 60.8 Å². The second kappa shape index (κ2) is 5.07. The normalized spacial score (nSPS) is 24.6. The van der Waals surface area contributed by atoms with Crippen molar-refractivity contribution in [2.24, 2.45) is 11.3 Å². The van der Waals surface area contributed by atoms with E-state index in [0.29, 0.717) is 5.41 Å². The van der Waals surface area contributed by atoms with E-state index in [2.05, 4.69) is 37.4 Å². The molecular weight excluding hydrogens is 234 g/mol. The average Bonchev–Trinajstić information content (AvgIpc) is 2.82. The Balaban J connectivity index is 1.57. The molecule has 1 aromatic rings. The predicted molar refractivity (Wildman–Crippen MR) is 79.9 cm³/mol. The van der Waals surface area contributed by atoms with Crippen LogP contribution in [0.1, 0.15) is 45.1 Å². The average molecular weight is 259 g/mol. The largest absolute Gasteiger partial charge is 0.493 e. The van der Waals surface area contributed by atoms with E-state index in [1.807, 2.05) is 0 Å². The van der Waals surface area contributed by atoms with Crippen LogP contribution in [0.5, 0.6) is 5.75 Å². The maximum atomic E-state index is 6.04. The van der Waals surface area contributed by atoms with E-state index in [9.17, 15) is 0 Å². The summed E-state index contributed by atoms with van der Waals surface area (Å²) in [5.74, 6) is 1.78. The first kappa shape index (κ1) is 12.8. The van der Waals surface area contributed by atoms with Crippen molar-refractivity contribution in [2.45, 2.75) is 46.0 Å². The molecule has 1 unspecified atom stereocenters. The Morgan fingerprint density at radius 2 is 2.26 bits per heavy atom. The van der Waals surface area contributed by atoms with Crippen molar-refractivity contribution in [1.82, 2.24) is 0 Å². The summed E-state index contributed by atoms with van der Waals surface area (Å²) in [5, 5.41) is 3.39. The van der Waals surface area contributed by atoms with E-state index in [4.69, 9.17) is 4.74 Å². The Hall–Kier alpha value is -1.18. The van der Waals surface area contributed by atoms with E-state index >= 15 is 0 Å². The van der Waals surface area contributed by atoms with Gasteiger partial charge in [0, 0.05) is 12.2 Å². The van der Waals surface area contributed by atoms with Crippen LogP contribution in [-0.2, 0) is 6.42 Å². The zero-order valence-corrected chi connectivity index (χ0v) is 12.2. The van der Waals surface area contributed by atoms with E-state index < -0.39 is 0 Å². The molecule has 0 radical (unpaired) electrons. The molecule has 0 amide bonds. The van der Waals surface area contributed by atoms with Crippen molar-refractivity contribution in [3.05, 3.63) is 23.8 Å². The van der Waals surface area contributed by atoms with Crippen molar-refractivity contribution >= 4 is 5.69 Å². The second-order valence-corrected chi connectivity index (χ2v) is 6.93. The second-order valence-electron chi connectivity index (χ2n) is 6.93. The quantitative estimate of drug-likeness (QED) is 0.876. The number of anilines is 1. The van der Waals surface area contributed by atoms with Crippen molar-refractivity contribution in [3.8, 4) is 5.75 Å². The van der Waals surface area contributed by atoms with Crippen LogP contribution in [0.2, 0.25) is 0 Å². The monoisotopic (exact) mass is 259 g/mol. The van der Waals surface area contributed by atoms with Gasteiger partial charge >= 0.3 is 0 Å². The number of hydrogen-bond donors (Lipinski definition) is 1. The Morgan fingerprint density at radius 3 is 3.11 bits per heavy atom.